The first kappa shape index (κ1) is 15.9. The van der Waals surface area contributed by atoms with Crippen molar-refractivity contribution in [2.24, 2.45) is 0 Å². The van der Waals surface area contributed by atoms with Crippen molar-refractivity contribution in [1.29, 1.82) is 5.26 Å². The molecule has 0 unspecified atom stereocenters. The molecule has 0 saturated carbocycles. The Morgan fingerprint density at radius 2 is 2.22 bits per heavy atom. The number of ether oxygens (including phenoxy) is 1. The quantitative estimate of drug-likeness (QED) is 0.825. The number of hydrogen-bond acceptors (Lipinski definition) is 6. The monoisotopic (exact) mass is 349 g/mol. The van der Waals surface area contributed by atoms with E-state index in [2.05, 4.69) is 4.98 Å². The number of nitrogens with zero attached hydrogens (tertiary/aromatic N) is 3. The highest BCUT2D eigenvalue weighted by atomic mass is 32.2. The third kappa shape index (κ3) is 3.08. The maximum absolute atomic E-state index is 12.5. The Morgan fingerprint density at radius 3 is 2.87 bits per heavy atom. The van der Waals surface area contributed by atoms with Crippen LogP contribution in [0.15, 0.2) is 34.7 Å². The lowest BCUT2D eigenvalue weighted by molar-refractivity contribution is 0.0719. The summed E-state index contributed by atoms with van der Waals surface area (Å²) in [6, 6.07) is 8.78. The summed E-state index contributed by atoms with van der Waals surface area (Å²) in [6.45, 7) is 2.53. The highest BCUT2D eigenvalue weighted by molar-refractivity contribution is 7.91. The number of aryl methyl sites for hydroxylation is 1. The molecule has 0 aliphatic carbocycles. The van der Waals surface area contributed by atoms with E-state index in [1.54, 1.807) is 24.4 Å². The van der Waals surface area contributed by atoms with Gasteiger partial charge in [0.15, 0.2) is 0 Å². The van der Waals surface area contributed by atoms with Gasteiger partial charge in [-0.05, 0) is 30.7 Å². The molecule has 1 saturated heterocycles. The lowest BCUT2D eigenvalue weighted by atomic mass is 10.2. The summed E-state index contributed by atoms with van der Waals surface area (Å²) in [4.78, 5) is 5.07. The first-order valence-electron chi connectivity index (χ1n) is 7.15. The van der Waals surface area contributed by atoms with Crippen molar-refractivity contribution < 1.29 is 13.2 Å². The van der Waals surface area contributed by atoms with Gasteiger partial charge in [-0.15, -0.1) is 11.3 Å². The second kappa shape index (κ2) is 6.28. The standard InChI is InChI=1S/C15H15N3O3S2/c1-2-13-5-6-14(22-13)23(19,20)18-9-12(10-18)21-15-11(8-16)4-3-7-17-15/h3-7,12H,2,9-10H2,1H3. The first-order chi connectivity index (χ1) is 11.0. The molecule has 0 bridgehead atoms. The summed E-state index contributed by atoms with van der Waals surface area (Å²) < 4.78 is 32.3. The van der Waals surface area contributed by atoms with Gasteiger partial charge in [0.05, 0.1) is 13.1 Å². The van der Waals surface area contributed by atoms with Gasteiger partial charge in [-0.1, -0.05) is 6.92 Å². The molecule has 2 aromatic rings. The Labute approximate surface area is 139 Å². The predicted octanol–water partition coefficient (Wildman–Crippen LogP) is 2.03. The van der Waals surface area contributed by atoms with Crippen molar-refractivity contribution in [3.63, 3.8) is 0 Å². The number of aromatic nitrogens is 1. The summed E-state index contributed by atoms with van der Waals surface area (Å²) in [5.41, 5.74) is 0.347. The molecular weight excluding hydrogens is 334 g/mol. The number of thiophene rings is 1. The van der Waals surface area contributed by atoms with Crippen LogP contribution >= 0.6 is 11.3 Å². The third-order valence-electron chi connectivity index (χ3n) is 3.56. The number of hydrogen-bond donors (Lipinski definition) is 0. The van der Waals surface area contributed by atoms with E-state index >= 15 is 0 Å². The smallest absolute Gasteiger partial charge is 0.252 e. The molecule has 0 amide bonds. The molecule has 1 aliphatic heterocycles. The van der Waals surface area contributed by atoms with Crippen LogP contribution in [0.25, 0.3) is 0 Å². The molecular formula is C15H15N3O3S2. The van der Waals surface area contributed by atoms with Crippen LogP contribution in [0, 0.1) is 11.3 Å². The van der Waals surface area contributed by atoms with Crippen molar-refractivity contribution in [1.82, 2.24) is 9.29 Å². The van der Waals surface area contributed by atoms with Gasteiger partial charge in [-0.25, -0.2) is 13.4 Å². The first-order valence-corrected chi connectivity index (χ1v) is 9.41. The second-order valence-electron chi connectivity index (χ2n) is 5.10. The van der Waals surface area contributed by atoms with Gasteiger partial charge in [0.2, 0.25) is 5.88 Å². The zero-order valence-corrected chi connectivity index (χ0v) is 14.1. The van der Waals surface area contributed by atoms with E-state index < -0.39 is 10.0 Å². The van der Waals surface area contributed by atoms with Crippen molar-refractivity contribution in [3.05, 3.63) is 40.9 Å². The second-order valence-corrected chi connectivity index (χ2v) is 8.44. The highest BCUT2D eigenvalue weighted by Crippen LogP contribution is 2.29. The minimum absolute atomic E-state index is 0.251. The van der Waals surface area contributed by atoms with Crippen LogP contribution in [0.5, 0.6) is 5.88 Å². The maximum Gasteiger partial charge on any atom is 0.252 e. The van der Waals surface area contributed by atoms with E-state index in [9.17, 15) is 8.42 Å². The Bertz CT molecular complexity index is 849. The molecule has 0 N–H and O–H groups in total. The Kier molecular flexibility index (Phi) is 4.35. The number of sulfonamides is 1. The van der Waals surface area contributed by atoms with Crippen molar-refractivity contribution >= 4 is 21.4 Å². The SMILES string of the molecule is CCc1ccc(S(=O)(=O)N2CC(Oc3ncccc3C#N)C2)s1. The van der Waals surface area contributed by atoms with Crippen molar-refractivity contribution in [3.8, 4) is 11.9 Å². The fraction of sp³-hybridized carbons (Fsp3) is 0.333. The number of nitriles is 1. The molecule has 2 aromatic heterocycles. The molecule has 6 nitrogen and oxygen atoms in total. The van der Waals surface area contributed by atoms with E-state index in [0.29, 0.717) is 9.77 Å². The van der Waals surface area contributed by atoms with Crippen LogP contribution in [-0.4, -0.2) is 36.9 Å². The van der Waals surface area contributed by atoms with Gasteiger partial charge in [0.25, 0.3) is 10.0 Å². The molecule has 0 atom stereocenters. The molecule has 3 rings (SSSR count). The van der Waals surface area contributed by atoms with Crippen molar-refractivity contribution in [2.75, 3.05) is 13.1 Å². The Balaban J connectivity index is 1.66. The lowest BCUT2D eigenvalue weighted by Crippen LogP contribution is -2.55. The fourth-order valence-corrected chi connectivity index (χ4v) is 5.17. The number of rotatable bonds is 5. The number of pyridine rings is 1. The molecule has 0 radical (unpaired) electrons. The molecule has 120 valence electrons. The summed E-state index contributed by atoms with van der Waals surface area (Å²) in [5.74, 6) is 0.251. The molecule has 0 spiro atoms. The highest BCUT2D eigenvalue weighted by Gasteiger charge is 2.39. The van der Waals surface area contributed by atoms with Crippen LogP contribution in [0.2, 0.25) is 0 Å². The van der Waals surface area contributed by atoms with Crippen LogP contribution in [-0.2, 0) is 16.4 Å². The van der Waals surface area contributed by atoms with Gasteiger partial charge < -0.3 is 4.74 Å². The largest absolute Gasteiger partial charge is 0.471 e. The fourth-order valence-electron chi connectivity index (χ4n) is 2.21. The minimum Gasteiger partial charge on any atom is -0.471 e. The minimum atomic E-state index is -3.45. The summed E-state index contributed by atoms with van der Waals surface area (Å²) in [6.07, 6.45) is 2.08. The Hall–Kier alpha value is -1.95. The van der Waals surface area contributed by atoms with Crippen LogP contribution in [0.4, 0.5) is 0 Å². The Morgan fingerprint density at radius 1 is 1.43 bits per heavy atom. The summed E-state index contributed by atoms with van der Waals surface area (Å²) >= 11 is 1.30. The van der Waals surface area contributed by atoms with Gasteiger partial charge in [-0.3, -0.25) is 0 Å². The summed E-state index contributed by atoms with van der Waals surface area (Å²) in [5, 5.41) is 9.00. The van der Waals surface area contributed by atoms with E-state index in [-0.39, 0.29) is 25.1 Å². The van der Waals surface area contributed by atoms with E-state index in [0.717, 1.165) is 11.3 Å². The van der Waals surface area contributed by atoms with E-state index in [1.165, 1.54) is 15.6 Å². The van der Waals surface area contributed by atoms with Gasteiger partial charge in [0, 0.05) is 11.1 Å². The molecule has 1 aliphatic rings. The molecule has 23 heavy (non-hydrogen) atoms. The summed E-state index contributed by atoms with van der Waals surface area (Å²) in [7, 11) is -3.45. The van der Waals surface area contributed by atoms with Crippen LogP contribution < -0.4 is 4.74 Å². The van der Waals surface area contributed by atoms with E-state index in [1.807, 2.05) is 19.1 Å². The van der Waals surface area contributed by atoms with Crippen LogP contribution in [0.1, 0.15) is 17.4 Å². The van der Waals surface area contributed by atoms with Crippen LogP contribution in [0.3, 0.4) is 0 Å². The average molecular weight is 349 g/mol. The molecule has 1 fully saturated rings. The van der Waals surface area contributed by atoms with Gasteiger partial charge >= 0.3 is 0 Å². The predicted molar refractivity (Wildman–Crippen MR) is 85.8 cm³/mol. The normalized spacial score (nSPS) is 15.8. The maximum atomic E-state index is 12.5. The van der Waals surface area contributed by atoms with Gasteiger partial charge in [-0.2, -0.15) is 9.57 Å². The zero-order valence-electron chi connectivity index (χ0n) is 12.5. The topological polar surface area (TPSA) is 83.3 Å². The third-order valence-corrected chi connectivity index (χ3v) is 7.09. The lowest BCUT2D eigenvalue weighted by Gasteiger charge is -2.37. The zero-order chi connectivity index (χ0) is 16.4. The molecule has 8 heteroatoms. The molecule has 0 aromatic carbocycles. The average Bonchev–Trinajstić information content (AvgIpc) is 3.00. The van der Waals surface area contributed by atoms with Gasteiger partial charge in [0.1, 0.15) is 21.9 Å². The van der Waals surface area contributed by atoms with E-state index in [4.69, 9.17) is 10.00 Å². The van der Waals surface area contributed by atoms with Crippen molar-refractivity contribution in [2.45, 2.75) is 23.7 Å². The molecule has 3 heterocycles.